The van der Waals surface area contributed by atoms with Gasteiger partial charge in [0.25, 0.3) is 11.8 Å². The van der Waals surface area contributed by atoms with E-state index in [1.165, 1.54) is 31.7 Å². The van der Waals surface area contributed by atoms with Crippen LogP contribution in [-0.4, -0.2) is 105 Å². The molecule has 0 unspecified atom stereocenters. The fourth-order valence-electron chi connectivity index (χ4n) is 6.34. The van der Waals surface area contributed by atoms with Gasteiger partial charge in [0.15, 0.2) is 11.3 Å². The molecule has 0 radical (unpaired) electrons. The van der Waals surface area contributed by atoms with Gasteiger partial charge in [-0.05, 0) is 46.6 Å². The molecule has 300 valence electrons. The van der Waals surface area contributed by atoms with Gasteiger partial charge in [-0.25, -0.2) is 27.5 Å². The van der Waals surface area contributed by atoms with Crippen molar-refractivity contribution in [3.63, 3.8) is 0 Å². The normalized spacial score (nSPS) is 20.5. The third kappa shape index (κ3) is 9.07. The Labute approximate surface area is 312 Å². The van der Waals surface area contributed by atoms with Crippen LogP contribution < -0.4 is 15.5 Å². The van der Waals surface area contributed by atoms with E-state index in [1.807, 2.05) is 6.92 Å². The SMILES string of the molecule is CC1=NO[C@@]2(CC[C@H](C)N3C[C@H]2n2cc(C(=O)NCc4ccc(F)cc4F)c(=O)c(OCOC(=O)OCC(C)(C)N(C)C(=O)OCOP(=O)(O)O)c2C3=O)C1. The molecule has 2 bridgehead atoms. The lowest BCUT2D eigenvalue weighted by molar-refractivity contribution is -0.0658. The van der Waals surface area contributed by atoms with Crippen molar-refractivity contribution in [3.05, 3.63) is 63.1 Å². The number of nitrogens with zero attached hydrogens (tertiary/aromatic N) is 4. The zero-order valence-electron chi connectivity index (χ0n) is 30.4. The number of halogens is 2. The molecular weight excluding hydrogens is 759 g/mol. The first-order chi connectivity index (χ1) is 25.7. The molecule has 3 atom stereocenters. The van der Waals surface area contributed by atoms with Crippen LogP contribution in [-0.2, 0) is 34.7 Å². The summed E-state index contributed by atoms with van der Waals surface area (Å²) in [6, 6.07) is 1.81. The van der Waals surface area contributed by atoms with E-state index in [9.17, 15) is 37.3 Å². The first-order valence-electron chi connectivity index (χ1n) is 16.8. The zero-order chi connectivity index (χ0) is 40.5. The number of oxime groups is 1. The summed E-state index contributed by atoms with van der Waals surface area (Å²) in [5, 5.41) is 6.61. The van der Waals surface area contributed by atoms with Crippen LogP contribution in [0.1, 0.15) is 79.4 Å². The second kappa shape index (κ2) is 15.9. The second-order valence-corrected chi connectivity index (χ2v) is 15.1. The summed E-state index contributed by atoms with van der Waals surface area (Å²) in [6.07, 6.45) is 0.182. The van der Waals surface area contributed by atoms with E-state index in [0.29, 0.717) is 31.0 Å². The van der Waals surface area contributed by atoms with E-state index in [1.54, 1.807) is 11.8 Å². The highest BCUT2D eigenvalue weighted by Crippen LogP contribution is 2.46. The summed E-state index contributed by atoms with van der Waals surface area (Å²) in [5.41, 5.74) is -3.39. The lowest BCUT2D eigenvalue weighted by Crippen LogP contribution is -2.52. The average molecular weight is 800 g/mol. The predicted octanol–water partition coefficient (Wildman–Crippen LogP) is 3.17. The predicted molar refractivity (Wildman–Crippen MR) is 183 cm³/mol. The first-order valence-corrected chi connectivity index (χ1v) is 18.3. The third-order valence-electron chi connectivity index (χ3n) is 9.63. The van der Waals surface area contributed by atoms with Crippen molar-refractivity contribution in [2.24, 2.45) is 5.16 Å². The van der Waals surface area contributed by atoms with Crippen LogP contribution in [0.2, 0.25) is 0 Å². The molecule has 1 aromatic carbocycles. The topological polar surface area (TPSA) is 234 Å². The molecule has 1 aromatic heterocycles. The Morgan fingerprint density at radius 2 is 1.89 bits per heavy atom. The van der Waals surface area contributed by atoms with Crippen molar-refractivity contribution < 1.29 is 70.6 Å². The van der Waals surface area contributed by atoms with E-state index < -0.39 is 104 Å². The Kier molecular flexibility index (Phi) is 11.9. The van der Waals surface area contributed by atoms with Crippen LogP contribution in [0, 0.1) is 11.6 Å². The number of fused-ring (bicyclic) bond motifs is 5. The highest BCUT2D eigenvalue weighted by Gasteiger charge is 2.54. The van der Waals surface area contributed by atoms with Crippen LogP contribution in [0.5, 0.6) is 5.75 Å². The molecule has 3 N–H and O–H groups in total. The van der Waals surface area contributed by atoms with Gasteiger partial charge in [-0.15, -0.1) is 0 Å². The Hall–Kier alpha value is -5.11. The second-order valence-electron chi connectivity index (χ2n) is 13.9. The summed E-state index contributed by atoms with van der Waals surface area (Å²) >= 11 is 0. The molecular formula is C33H40F2N5O14P. The molecule has 3 amide bonds. The van der Waals surface area contributed by atoms with Crippen LogP contribution in [0.3, 0.4) is 0 Å². The van der Waals surface area contributed by atoms with Gasteiger partial charge in [0, 0.05) is 50.4 Å². The highest BCUT2D eigenvalue weighted by atomic mass is 31.2. The van der Waals surface area contributed by atoms with E-state index in [2.05, 4.69) is 19.7 Å². The minimum Gasteiger partial charge on any atom is -0.451 e. The molecule has 2 aromatic rings. The largest absolute Gasteiger partial charge is 0.511 e. The van der Waals surface area contributed by atoms with Crippen molar-refractivity contribution in [2.45, 2.75) is 76.7 Å². The zero-order valence-corrected chi connectivity index (χ0v) is 31.3. The summed E-state index contributed by atoms with van der Waals surface area (Å²) in [7, 11) is -3.64. The number of amides is 3. The number of phosphoric ester groups is 1. The molecule has 0 aliphatic carbocycles. The lowest BCUT2D eigenvalue weighted by Gasteiger charge is -2.42. The molecule has 3 aliphatic heterocycles. The van der Waals surface area contributed by atoms with Gasteiger partial charge in [0.05, 0.1) is 17.3 Å². The number of ether oxygens (including phenoxy) is 4. The lowest BCUT2D eigenvalue weighted by atomic mass is 9.84. The maximum absolute atomic E-state index is 14.4. The molecule has 3 aliphatic rings. The van der Waals surface area contributed by atoms with Gasteiger partial charge in [0.2, 0.25) is 24.8 Å². The Bertz CT molecular complexity index is 2000. The standard InChI is InChI=1S/C33H40F2N5O14P/c1-18-11-33(54-37-18)9-8-19(2)39-14-24(33)40-13-22(28(42)36-12-20-6-7-21(34)10-23(20)35)26(41)27(25(40)29(39)43)50-16-52-31(45)49-15-32(3,4)38(5)30(44)51-17-53-55(46,47)48/h6-7,10,13,19,24H,8-9,11-12,14-17H2,1-5H3,(H,36,42)(H2,46,47,48)/t19-,24+,33-/m0/s1. The van der Waals surface area contributed by atoms with Gasteiger partial charge in [-0.2, -0.15) is 0 Å². The van der Waals surface area contributed by atoms with Crippen LogP contribution in [0.25, 0.3) is 0 Å². The molecule has 1 fully saturated rings. The monoisotopic (exact) mass is 799 g/mol. The number of hydrogen-bond donors (Lipinski definition) is 3. The maximum atomic E-state index is 14.4. The van der Waals surface area contributed by atoms with Gasteiger partial charge < -0.3 is 53.3 Å². The van der Waals surface area contributed by atoms with Crippen molar-refractivity contribution >= 4 is 37.6 Å². The Morgan fingerprint density at radius 3 is 2.55 bits per heavy atom. The molecule has 55 heavy (non-hydrogen) atoms. The number of aromatic nitrogens is 1. The Morgan fingerprint density at radius 1 is 1.16 bits per heavy atom. The van der Waals surface area contributed by atoms with E-state index in [4.69, 9.17) is 28.8 Å². The molecule has 1 spiro atoms. The molecule has 5 rings (SSSR count). The average Bonchev–Trinajstić information content (AvgIpc) is 3.44. The summed E-state index contributed by atoms with van der Waals surface area (Å²) in [5.74, 6) is -3.95. The fraction of sp³-hybridized carbons (Fsp3) is 0.515. The first kappa shape index (κ1) is 41.1. The quantitative estimate of drug-likeness (QED) is 0.159. The fourth-order valence-corrected chi connectivity index (χ4v) is 6.53. The number of carbonyl (C=O) groups excluding carboxylic acids is 4. The third-order valence-corrected chi connectivity index (χ3v) is 10.1. The van der Waals surface area contributed by atoms with Crippen LogP contribution in [0.4, 0.5) is 18.4 Å². The van der Waals surface area contributed by atoms with Crippen molar-refractivity contribution in [1.29, 1.82) is 0 Å². The van der Waals surface area contributed by atoms with E-state index in [-0.39, 0.29) is 23.8 Å². The Balaban J connectivity index is 1.38. The van der Waals surface area contributed by atoms with Gasteiger partial charge in [-0.1, -0.05) is 11.2 Å². The van der Waals surface area contributed by atoms with Gasteiger partial charge in [0.1, 0.15) is 23.8 Å². The van der Waals surface area contributed by atoms with Gasteiger partial charge in [-0.3, -0.25) is 14.4 Å². The molecule has 19 nitrogen and oxygen atoms in total. The maximum Gasteiger partial charge on any atom is 0.511 e. The van der Waals surface area contributed by atoms with Crippen LogP contribution in [0.15, 0.2) is 34.3 Å². The number of benzene rings is 1. The number of pyridine rings is 1. The van der Waals surface area contributed by atoms with Crippen molar-refractivity contribution in [1.82, 2.24) is 19.7 Å². The minimum absolute atomic E-state index is 0.0640. The van der Waals surface area contributed by atoms with E-state index in [0.717, 1.165) is 17.0 Å². The molecule has 22 heteroatoms. The number of carbonyl (C=O) groups is 4. The molecule has 0 saturated carbocycles. The van der Waals surface area contributed by atoms with Crippen LogP contribution >= 0.6 is 7.82 Å². The summed E-state index contributed by atoms with van der Waals surface area (Å²) in [4.78, 5) is 92.5. The number of likely N-dealkylation sites (N-methyl/N-ethyl adjacent to an activating group) is 1. The summed E-state index contributed by atoms with van der Waals surface area (Å²) in [6.45, 7) is 3.75. The van der Waals surface area contributed by atoms with Crippen molar-refractivity contribution in [3.8, 4) is 5.75 Å². The molecule has 4 heterocycles. The van der Waals surface area contributed by atoms with Crippen molar-refractivity contribution in [2.75, 3.05) is 33.8 Å². The number of hydrogen-bond acceptors (Lipinski definition) is 13. The minimum atomic E-state index is -4.90. The van der Waals surface area contributed by atoms with E-state index >= 15 is 0 Å². The summed E-state index contributed by atoms with van der Waals surface area (Å²) < 4.78 is 64.6. The van der Waals surface area contributed by atoms with Gasteiger partial charge >= 0.3 is 20.1 Å². The smallest absolute Gasteiger partial charge is 0.451 e. The number of phosphoric acid groups is 1. The number of nitrogens with one attached hydrogen (secondary N) is 1. The highest BCUT2D eigenvalue weighted by molar-refractivity contribution is 7.46. The number of rotatable bonds is 12. The molecule has 1 saturated heterocycles.